The third-order valence-corrected chi connectivity index (χ3v) is 2.91. The van der Waals surface area contributed by atoms with Crippen LogP contribution < -0.4 is 11.1 Å². The highest BCUT2D eigenvalue weighted by molar-refractivity contribution is 6.02. The zero-order valence-corrected chi connectivity index (χ0v) is 9.51. The number of rotatable bonds is 4. The molecule has 96 valence electrons. The fourth-order valence-electron chi connectivity index (χ4n) is 1.92. The lowest BCUT2D eigenvalue weighted by molar-refractivity contribution is -0.125. The van der Waals surface area contributed by atoms with Gasteiger partial charge in [-0.25, -0.2) is 8.78 Å². The second-order valence-corrected chi connectivity index (χ2v) is 4.12. The molecule has 0 spiro atoms. The molecule has 4 nitrogen and oxygen atoms in total. The number of hydrogen-bond acceptors (Lipinski definition) is 3. The highest BCUT2D eigenvalue weighted by atomic mass is 19.3. The SMILES string of the molecule is N=C(C(=CN)NC(=O)C1CCCCC1)C(F)F. The van der Waals surface area contributed by atoms with Gasteiger partial charge in [-0.05, 0) is 12.8 Å². The summed E-state index contributed by atoms with van der Waals surface area (Å²) in [6.07, 6.45) is 2.51. The molecular weight excluding hydrogens is 228 g/mol. The van der Waals surface area contributed by atoms with Gasteiger partial charge in [0, 0.05) is 12.1 Å². The predicted octanol–water partition coefficient (Wildman–Crippen LogP) is 1.77. The number of allylic oxidation sites excluding steroid dienone is 1. The molecule has 17 heavy (non-hydrogen) atoms. The van der Waals surface area contributed by atoms with Crippen LogP contribution in [0, 0.1) is 11.3 Å². The van der Waals surface area contributed by atoms with Crippen LogP contribution in [0.15, 0.2) is 11.9 Å². The van der Waals surface area contributed by atoms with E-state index >= 15 is 0 Å². The second-order valence-electron chi connectivity index (χ2n) is 4.12. The molecule has 1 rings (SSSR count). The van der Waals surface area contributed by atoms with Crippen molar-refractivity contribution in [2.75, 3.05) is 0 Å². The number of carbonyl (C=O) groups excluding carboxylic acids is 1. The molecule has 0 aromatic heterocycles. The molecule has 0 aliphatic heterocycles. The second kappa shape index (κ2) is 6.32. The van der Waals surface area contributed by atoms with E-state index in [9.17, 15) is 13.6 Å². The minimum absolute atomic E-state index is 0.149. The molecular formula is C11H17F2N3O. The first-order valence-corrected chi connectivity index (χ1v) is 5.66. The van der Waals surface area contributed by atoms with Crippen LogP contribution in [0.5, 0.6) is 0 Å². The summed E-state index contributed by atoms with van der Waals surface area (Å²) >= 11 is 0. The van der Waals surface area contributed by atoms with Crippen LogP contribution in [-0.4, -0.2) is 18.0 Å². The molecule has 0 bridgehead atoms. The number of halogens is 2. The van der Waals surface area contributed by atoms with Crippen LogP contribution in [0.2, 0.25) is 0 Å². The smallest absolute Gasteiger partial charge is 0.281 e. The van der Waals surface area contributed by atoms with E-state index in [1.807, 2.05) is 0 Å². The van der Waals surface area contributed by atoms with E-state index in [4.69, 9.17) is 11.1 Å². The van der Waals surface area contributed by atoms with Gasteiger partial charge in [0.2, 0.25) is 5.91 Å². The zero-order valence-electron chi connectivity index (χ0n) is 9.51. The Kier molecular flexibility index (Phi) is 5.06. The molecule has 6 heteroatoms. The maximum Gasteiger partial charge on any atom is 0.281 e. The van der Waals surface area contributed by atoms with Gasteiger partial charge in [-0.15, -0.1) is 0 Å². The average Bonchev–Trinajstić information content (AvgIpc) is 2.35. The molecule has 4 N–H and O–H groups in total. The summed E-state index contributed by atoms with van der Waals surface area (Å²) in [5.74, 6) is -0.462. The van der Waals surface area contributed by atoms with Crippen molar-refractivity contribution in [3.8, 4) is 0 Å². The summed E-state index contributed by atoms with van der Waals surface area (Å²) in [5, 5.41) is 9.41. The lowest BCUT2D eigenvalue weighted by Gasteiger charge is -2.21. The van der Waals surface area contributed by atoms with Gasteiger partial charge in [-0.3, -0.25) is 10.2 Å². The molecule has 0 radical (unpaired) electrons. The maximum atomic E-state index is 12.3. The van der Waals surface area contributed by atoms with Crippen molar-refractivity contribution >= 4 is 11.6 Å². The van der Waals surface area contributed by atoms with E-state index in [0.717, 1.165) is 38.3 Å². The molecule has 0 unspecified atom stereocenters. The maximum absolute atomic E-state index is 12.3. The average molecular weight is 245 g/mol. The van der Waals surface area contributed by atoms with Crippen LogP contribution in [0.3, 0.4) is 0 Å². The fraction of sp³-hybridized carbons (Fsp3) is 0.636. The fourth-order valence-corrected chi connectivity index (χ4v) is 1.92. The highest BCUT2D eigenvalue weighted by Crippen LogP contribution is 2.23. The van der Waals surface area contributed by atoms with Gasteiger partial charge in [0.25, 0.3) is 6.43 Å². The summed E-state index contributed by atoms with van der Waals surface area (Å²) in [7, 11) is 0. The summed E-state index contributed by atoms with van der Waals surface area (Å²) in [5.41, 5.74) is 3.90. The van der Waals surface area contributed by atoms with Crippen LogP contribution in [0.4, 0.5) is 8.78 Å². The van der Waals surface area contributed by atoms with Crippen molar-refractivity contribution in [3.05, 3.63) is 11.9 Å². The standard InChI is InChI=1S/C11H17F2N3O/c12-10(13)9(15)8(6-14)16-11(17)7-4-2-1-3-5-7/h6-7,10,15H,1-5,14H2,(H,16,17). The minimum atomic E-state index is -2.93. The largest absolute Gasteiger partial charge is 0.403 e. The van der Waals surface area contributed by atoms with E-state index in [1.165, 1.54) is 0 Å². The van der Waals surface area contributed by atoms with Crippen molar-refractivity contribution in [1.29, 1.82) is 5.41 Å². The molecule has 1 aliphatic carbocycles. The minimum Gasteiger partial charge on any atom is -0.403 e. The Morgan fingerprint density at radius 1 is 1.35 bits per heavy atom. The molecule has 1 aliphatic rings. The number of carbonyl (C=O) groups is 1. The molecule has 0 aromatic rings. The number of alkyl halides is 2. The van der Waals surface area contributed by atoms with Crippen LogP contribution in [0.25, 0.3) is 0 Å². The Morgan fingerprint density at radius 3 is 2.41 bits per heavy atom. The Hall–Kier alpha value is -1.46. The highest BCUT2D eigenvalue weighted by Gasteiger charge is 2.24. The lowest BCUT2D eigenvalue weighted by Crippen LogP contribution is -2.35. The molecule has 1 saturated carbocycles. The van der Waals surface area contributed by atoms with Gasteiger partial charge in [0.1, 0.15) is 5.71 Å². The Balaban J connectivity index is 2.56. The first-order chi connectivity index (χ1) is 8.06. The van der Waals surface area contributed by atoms with Crippen LogP contribution in [-0.2, 0) is 4.79 Å². The van der Waals surface area contributed by atoms with E-state index in [1.54, 1.807) is 0 Å². The summed E-state index contributed by atoms with van der Waals surface area (Å²) in [6, 6.07) is 0. The Morgan fingerprint density at radius 2 is 1.94 bits per heavy atom. The number of nitrogens with two attached hydrogens (primary N) is 1. The number of nitrogens with one attached hydrogen (secondary N) is 2. The van der Waals surface area contributed by atoms with Crippen LogP contribution >= 0.6 is 0 Å². The van der Waals surface area contributed by atoms with Crippen molar-refractivity contribution in [2.24, 2.45) is 11.7 Å². The zero-order chi connectivity index (χ0) is 12.8. The molecule has 0 atom stereocenters. The van der Waals surface area contributed by atoms with E-state index in [0.29, 0.717) is 0 Å². The molecule has 0 heterocycles. The van der Waals surface area contributed by atoms with Gasteiger partial charge in [-0.2, -0.15) is 0 Å². The van der Waals surface area contributed by atoms with Gasteiger partial charge in [0.15, 0.2) is 0 Å². The third kappa shape index (κ3) is 3.80. The van der Waals surface area contributed by atoms with Crippen molar-refractivity contribution in [2.45, 2.75) is 38.5 Å². The quantitative estimate of drug-likeness (QED) is 0.660. The number of amides is 1. The van der Waals surface area contributed by atoms with Crippen LogP contribution in [0.1, 0.15) is 32.1 Å². The van der Waals surface area contributed by atoms with Crippen molar-refractivity contribution < 1.29 is 13.6 Å². The summed E-state index contributed by atoms with van der Waals surface area (Å²) in [6.45, 7) is 0. The van der Waals surface area contributed by atoms with Gasteiger partial charge < -0.3 is 11.1 Å². The van der Waals surface area contributed by atoms with E-state index < -0.39 is 12.1 Å². The molecule has 0 saturated heterocycles. The first-order valence-electron chi connectivity index (χ1n) is 5.66. The van der Waals surface area contributed by atoms with E-state index in [2.05, 4.69) is 5.32 Å². The first kappa shape index (κ1) is 13.6. The van der Waals surface area contributed by atoms with Crippen molar-refractivity contribution in [3.63, 3.8) is 0 Å². The van der Waals surface area contributed by atoms with Gasteiger partial charge in [-0.1, -0.05) is 19.3 Å². The van der Waals surface area contributed by atoms with Gasteiger partial charge >= 0.3 is 0 Å². The Labute approximate surface area is 98.8 Å². The topological polar surface area (TPSA) is 79.0 Å². The lowest BCUT2D eigenvalue weighted by atomic mass is 9.88. The monoisotopic (exact) mass is 245 g/mol. The van der Waals surface area contributed by atoms with Crippen molar-refractivity contribution in [1.82, 2.24) is 5.32 Å². The summed E-state index contributed by atoms with van der Waals surface area (Å²) in [4.78, 5) is 11.7. The normalized spacial score (nSPS) is 18.2. The molecule has 0 aromatic carbocycles. The predicted molar refractivity (Wildman–Crippen MR) is 60.7 cm³/mol. The Bertz CT molecular complexity index is 323. The van der Waals surface area contributed by atoms with Gasteiger partial charge in [0.05, 0.1) is 5.70 Å². The van der Waals surface area contributed by atoms with E-state index in [-0.39, 0.29) is 17.5 Å². The molecule has 1 amide bonds. The summed E-state index contributed by atoms with van der Waals surface area (Å²) < 4.78 is 24.6. The number of hydrogen-bond donors (Lipinski definition) is 3. The molecule has 1 fully saturated rings. The third-order valence-electron chi connectivity index (χ3n) is 2.91.